The van der Waals surface area contributed by atoms with Gasteiger partial charge in [0.2, 0.25) is 0 Å². The molecule has 0 saturated carbocycles. The van der Waals surface area contributed by atoms with Gasteiger partial charge >= 0.3 is 0 Å². The molecule has 0 unspecified atom stereocenters. The molecule has 1 heterocycles. The van der Waals surface area contributed by atoms with Crippen LogP contribution in [0, 0.1) is 5.92 Å². The summed E-state index contributed by atoms with van der Waals surface area (Å²) in [6, 6.07) is 9.42. The fraction of sp³-hybridized carbons (Fsp3) is 0.533. The van der Waals surface area contributed by atoms with Crippen molar-refractivity contribution in [1.82, 2.24) is 4.90 Å². The van der Waals surface area contributed by atoms with Crippen LogP contribution in [0.5, 0.6) is 5.75 Å². The van der Waals surface area contributed by atoms with Crippen LogP contribution in [-0.4, -0.2) is 44.2 Å². The summed E-state index contributed by atoms with van der Waals surface area (Å²) in [6.45, 7) is 2.52. The second-order valence-corrected chi connectivity index (χ2v) is 4.93. The van der Waals surface area contributed by atoms with Gasteiger partial charge in [-0.2, -0.15) is 0 Å². The largest absolute Gasteiger partial charge is 0.484 e. The van der Waals surface area contributed by atoms with Gasteiger partial charge in [0.15, 0.2) is 6.61 Å². The van der Waals surface area contributed by atoms with Crippen molar-refractivity contribution < 1.29 is 14.3 Å². The normalized spacial score (nSPS) is 16.1. The van der Waals surface area contributed by atoms with Crippen LogP contribution in [0.2, 0.25) is 0 Å². The van der Waals surface area contributed by atoms with Crippen LogP contribution in [0.1, 0.15) is 12.8 Å². The number of amides is 1. The van der Waals surface area contributed by atoms with Crippen LogP contribution in [0.15, 0.2) is 30.3 Å². The average molecular weight is 263 g/mol. The first kappa shape index (κ1) is 13.9. The molecule has 2 rings (SSSR count). The molecule has 4 heteroatoms. The smallest absolute Gasteiger partial charge is 0.260 e. The summed E-state index contributed by atoms with van der Waals surface area (Å²) >= 11 is 0. The Morgan fingerprint density at radius 1 is 1.32 bits per heavy atom. The van der Waals surface area contributed by atoms with E-state index in [4.69, 9.17) is 9.47 Å². The summed E-state index contributed by atoms with van der Waals surface area (Å²) in [5.74, 6) is 1.31. The molecule has 1 saturated heterocycles. The number of hydrogen-bond donors (Lipinski definition) is 0. The van der Waals surface area contributed by atoms with E-state index in [-0.39, 0.29) is 12.5 Å². The number of hydrogen-bond acceptors (Lipinski definition) is 3. The van der Waals surface area contributed by atoms with Gasteiger partial charge in [0.1, 0.15) is 5.75 Å². The fourth-order valence-corrected chi connectivity index (χ4v) is 2.19. The van der Waals surface area contributed by atoms with Crippen LogP contribution in [0.3, 0.4) is 0 Å². The van der Waals surface area contributed by atoms with Crippen molar-refractivity contribution in [2.75, 3.05) is 33.4 Å². The van der Waals surface area contributed by atoms with Crippen molar-refractivity contribution in [2.24, 2.45) is 5.92 Å². The van der Waals surface area contributed by atoms with Gasteiger partial charge in [-0.3, -0.25) is 4.79 Å². The zero-order chi connectivity index (χ0) is 13.5. The molecule has 1 aliphatic rings. The lowest BCUT2D eigenvalue weighted by Crippen LogP contribution is -2.36. The van der Waals surface area contributed by atoms with Crippen molar-refractivity contribution in [1.29, 1.82) is 0 Å². The first-order chi connectivity index (χ1) is 9.25. The summed E-state index contributed by atoms with van der Waals surface area (Å²) < 4.78 is 10.8. The number of rotatable bonds is 5. The molecule has 1 aromatic carbocycles. The molecule has 0 atom stereocenters. The SMILES string of the molecule is CN(CC1CCOCC1)C(=O)COc1ccccc1. The van der Waals surface area contributed by atoms with Crippen LogP contribution in [0.4, 0.5) is 0 Å². The number of nitrogens with zero attached hydrogens (tertiary/aromatic N) is 1. The molecule has 1 fully saturated rings. The van der Waals surface area contributed by atoms with Crippen molar-refractivity contribution in [2.45, 2.75) is 12.8 Å². The number of likely N-dealkylation sites (N-methyl/N-ethyl adjacent to an activating group) is 1. The van der Waals surface area contributed by atoms with Crippen LogP contribution in [0.25, 0.3) is 0 Å². The molecule has 0 bridgehead atoms. The van der Waals surface area contributed by atoms with E-state index in [1.165, 1.54) is 0 Å². The molecular weight excluding hydrogens is 242 g/mol. The second kappa shape index (κ2) is 7.14. The van der Waals surface area contributed by atoms with E-state index in [2.05, 4.69) is 0 Å². The maximum Gasteiger partial charge on any atom is 0.260 e. The van der Waals surface area contributed by atoms with Gasteiger partial charge in [-0.15, -0.1) is 0 Å². The van der Waals surface area contributed by atoms with Crippen molar-refractivity contribution in [3.05, 3.63) is 30.3 Å². The Labute approximate surface area is 114 Å². The highest BCUT2D eigenvalue weighted by atomic mass is 16.5. The third kappa shape index (κ3) is 4.56. The lowest BCUT2D eigenvalue weighted by molar-refractivity contribution is -0.133. The number of carbonyl (C=O) groups excluding carboxylic acids is 1. The Morgan fingerprint density at radius 3 is 2.68 bits per heavy atom. The monoisotopic (exact) mass is 263 g/mol. The molecule has 0 radical (unpaired) electrons. The van der Waals surface area contributed by atoms with E-state index in [0.29, 0.717) is 5.92 Å². The van der Waals surface area contributed by atoms with E-state index in [1.807, 2.05) is 37.4 Å². The minimum atomic E-state index is 0.0235. The summed E-state index contributed by atoms with van der Waals surface area (Å²) in [4.78, 5) is 13.7. The molecule has 0 N–H and O–H groups in total. The minimum absolute atomic E-state index is 0.0235. The molecule has 104 valence electrons. The highest BCUT2D eigenvalue weighted by molar-refractivity contribution is 5.77. The van der Waals surface area contributed by atoms with E-state index < -0.39 is 0 Å². The topological polar surface area (TPSA) is 38.8 Å². The lowest BCUT2D eigenvalue weighted by atomic mass is 10.00. The minimum Gasteiger partial charge on any atom is -0.484 e. The van der Waals surface area contributed by atoms with Gasteiger partial charge in [-0.05, 0) is 30.9 Å². The number of carbonyl (C=O) groups is 1. The third-order valence-corrected chi connectivity index (χ3v) is 3.40. The van der Waals surface area contributed by atoms with Gasteiger partial charge in [0, 0.05) is 26.8 Å². The van der Waals surface area contributed by atoms with Gasteiger partial charge in [0.05, 0.1) is 0 Å². The predicted octanol–water partition coefficient (Wildman–Crippen LogP) is 1.95. The van der Waals surface area contributed by atoms with Crippen molar-refractivity contribution >= 4 is 5.91 Å². The molecule has 0 aliphatic carbocycles. The van der Waals surface area contributed by atoms with Crippen molar-refractivity contribution in [3.8, 4) is 5.75 Å². The van der Waals surface area contributed by atoms with Crippen LogP contribution in [-0.2, 0) is 9.53 Å². The van der Waals surface area contributed by atoms with Gasteiger partial charge in [-0.25, -0.2) is 0 Å². The molecule has 4 nitrogen and oxygen atoms in total. The first-order valence-corrected chi connectivity index (χ1v) is 6.75. The van der Waals surface area contributed by atoms with Gasteiger partial charge in [0.25, 0.3) is 5.91 Å². The standard InChI is InChI=1S/C15H21NO3/c1-16(11-13-7-9-18-10-8-13)15(17)12-19-14-5-3-2-4-6-14/h2-6,13H,7-12H2,1H3. The number of para-hydroxylation sites is 1. The van der Waals surface area contributed by atoms with E-state index >= 15 is 0 Å². The first-order valence-electron chi connectivity index (χ1n) is 6.75. The van der Waals surface area contributed by atoms with E-state index in [9.17, 15) is 4.79 Å². The quantitative estimate of drug-likeness (QED) is 0.815. The van der Waals surface area contributed by atoms with E-state index in [0.717, 1.165) is 38.3 Å². The summed E-state index contributed by atoms with van der Waals surface area (Å²) in [6.07, 6.45) is 2.08. The number of benzene rings is 1. The molecule has 1 aliphatic heterocycles. The Bertz CT molecular complexity index is 388. The van der Waals surface area contributed by atoms with Crippen molar-refractivity contribution in [3.63, 3.8) is 0 Å². The Balaban J connectivity index is 1.72. The highest BCUT2D eigenvalue weighted by Gasteiger charge is 2.18. The van der Waals surface area contributed by atoms with Gasteiger partial charge in [-0.1, -0.05) is 18.2 Å². The number of ether oxygens (including phenoxy) is 2. The summed E-state index contributed by atoms with van der Waals surface area (Å²) in [5.41, 5.74) is 0. The highest BCUT2D eigenvalue weighted by Crippen LogP contribution is 2.15. The second-order valence-electron chi connectivity index (χ2n) is 4.93. The maximum absolute atomic E-state index is 12.0. The maximum atomic E-state index is 12.0. The molecule has 1 amide bonds. The Morgan fingerprint density at radius 2 is 2.00 bits per heavy atom. The summed E-state index contributed by atoms with van der Waals surface area (Å²) in [7, 11) is 1.84. The predicted molar refractivity (Wildman–Crippen MR) is 73.1 cm³/mol. The molecule has 0 aromatic heterocycles. The average Bonchev–Trinajstić information content (AvgIpc) is 2.47. The lowest BCUT2D eigenvalue weighted by Gasteiger charge is -2.27. The van der Waals surface area contributed by atoms with Gasteiger partial charge < -0.3 is 14.4 Å². The molecular formula is C15H21NO3. The third-order valence-electron chi connectivity index (χ3n) is 3.40. The molecule has 0 spiro atoms. The molecule has 1 aromatic rings. The molecule has 19 heavy (non-hydrogen) atoms. The zero-order valence-electron chi connectivity index (χ0n) is 11.4. The Hall–Kier alpha value is -1.55. The van der Waals surface area contributed by atoms with E-state index in [1.54, 1.807) is 4.90 Å². The summed E-state index contributed by atoms with van der Waals surface area (Å²) in [5, 5.41) is 0. The zero-order valence-corrected chi connectivity index (χ0v) is 11.4. The Kier molecular flexibility index (Phi) is 5.21. The van der Waals surface area contributed by atoms with Crippen LogP contribution >= 0.6 is 0 Å². The van der Waals surface area contributed by atoms with Crippen LogP contribution < -0.4 is 4.74 Å². The fourth-order valence-electron chi connectivity index (χ4n) is 2.19.